The van der Waals surface area contributed by atoms with E-state index in [1.54, 1.807) is 9.58 Å². The first kappa shape index (κ1) is 20.4. The smallest absolute Gasteiger partial charge is 0.244 e. The van der Waals surface area contributed by atoms with E-state index in [1.807, 2.05) is 44.2 Å². The Morgan fingerprint density at radius 3 is 2.64 bits per heavy atom. The lowest BCUT2D eigenvalue weighted by atomic mass is 10.2. The van der Waals surface area contributed by atoms with Crippen LogP contribution in [0.2, 0.25) is 0 Å². The molecule has 9 heteroatoms. The number of carbonyl (C=O) groups excluding carboxylic acids is 1. The minimum Gasteiger partial charge on any atom is -0.395 e. The predicted octanol–water partition coefficient (Wildman–Crippen LogP) is 0.303. The Kier molecular flexibility index (Phi) is 7.07. The Labute approximate surface area is 164 Å². The molecule has 1 saturated heterocycles. The van der Waals surface area contributed by atoms with Crippen LogP contribution in [0.5, 0.6) is 0 Å². The number of morpholine rings is 1. The second-order valence-corrected chi connectivity index (χ2v) is 7.23. The number of rotatable bonds is 8. The molecule has 1 aromatic heterocycles. The zero-order valence-electron chi connectivity index (χ0n) is 16.4. The van der Waals surface area contributed by atoms with Crippen molar-refractivity contribution in [3.8, 4) is 0 Å². The van der Waals surface area contributed by atoms with E-state index in [9.17, 15) is 9.90 Å². The molecule has 2 heterocycles. The number of hydrogen-bond donors (Lipinski definition) is 1. The molecule has 3 rings (SSSR count). The lowest BCUT2D eigenvalue weighted by Gasteiger charge is -2.34. The average molecular weight is 388 g/mol. The molecule has 152 valence electrons. The van der Waals surface area contributed by atoms with Crippen LogP contribution in [-0.4, -0.2) is 79.5 Å². The van der Waals surface area contributed by atoms with Crippen molar-refractivity contribution in [1.82, 2.24) is 30.0 Å². The highest BCUT2D eigenvalue weighted by atomic mass is 16.5. The third-order valence-corrected chi connectivity index (χ3v) is 4.69. The number of tetrazole rings is 1. The molecule has 0 unspecified atom stereocenters. The summed E-state index contributed by atoms with van der Waals surface area (Å²) in [7, 11) is 0. The lowest BCUT2D eigenvalue weighted by Crippen LogP contribution is -2.45. The molecule has 1 fully saturated rings. The van der Waals surface area contributed by atoms with Crippen molar-refractivity contribution in [2.45, 2.75) is 45.7 Å². The molecule has 1 amide bonds. The van der Waals surface area contributed by atoms with Crippen molar-refractivity contribution in [3.05, 3.63) is 41.7 Å². The van der Waals surface area contributed by atoms with Gasteiger partial charge >= 0.3 is 0 Å². The quantitative estimate of drug-likeness (QED) is 0.695. The predicted molar refractivity (Wildman–Crippen MR) is 102 cm³/mol. The van der Waals surface area contributed by atoms with E-state index < -0.39 is 0 Å². The fraction of sp³-hybridized carbons (Fsp3) is 0.579. The van der Waals surface area contributed by atoms with Gasteiger partial charge in [0.1, 0.15) is 6.54 Å². The first-order valence-electron chi connectivity index (χ1n) is 9.60. The van der Waals surface area contributed by atoms with E-state index in [0.29, 0.717) is 18.9 Å². The average Bonchev–Trinajstić information content (AvgIpc) is 3.08. The maximum absolute atomic E-state index is 12.8. The summed E-state index contributed by atoms with van der Waals surface area (Å²) in [5.41, 5.74) is 1.01. The zero-order chi connectivity index (χ0) is 19.9. The maximum atomic E-state index is 12.8. The summed E-state index contributed by atoms with van der Waals surface area (Å²) in [6.45, 7) is 6.93. The van der Waals surface area contributed by atoms with Gasteiger partial charge in [-0.05, 0) is 29.8 Å². The minimum absolute atomic E-state index is 0.0462. The van der Waals surface area contributed by atoms with E-state index in [0.717, 1.165) is 18.7 Å². The Morgan fingerprint density at radius 2 is 1.96 bits per heavy atom. The van der Waals surface area contributed by atoms with E-state index in [4.69, 9.17) is 4.74 Å². The second-order valence-electron chi connectivity index (χ2n) is 7.23. The number of aromatic nitrogens is 4. The lowest BCUT2D eigenvalue weighted by molar-refractivity contribution is -0.133. The van der Waals surface area contributed by atoms with Crippen LogP contribution in [0.3, 0.4) is 0 Å². The minimum atomic E-state index is -0.129. The summed E-state index contributed by atoms with van der Waals surface area (Å²) < 4.78 is 7.30. The van der Waals surface area contributed by atoms with Crippen molar-refractivity contribution in [1.29, 1.82) is 0 Å². The first-order chi connectivity index (χ1) is 13.5. The molecule has 2 atom stereocenters. The summed E-state index contributed by atoms with van der Waals surface area (Å²) in [6, 6.07) is 9.71. The van der Waals surface area contributed by atoms with Gasteiger partial charge in [-0.2, -0.15) is 0 Å². The molecule has 1 aliphatic heterocycles. The largest absolute Gasteiger partial charge is 0.395 e. The van der Waals surface area contributed by atoms with Crippen molar-refractivity contribution in [2.24, 2.45) is 0 Å². The molecule has 0 radical (unpaired) electrons. The first-order valence-corrected chi connectivity index (χ1v) is 9.60. The van der Waals surface area contributed by atoms with Crippen LogP contribution in [0.25, 0.3) is 0 Å². The zero-order valence-corrected chi connectivity index (χ0v) is 16.4. The van der Waals surface area contributed by atoms with Crippen molar-refractivity contribution in [3.63, 3.8) is 0 Å². The summed E-state index contributed by atoms with van der Waals surface area (Å²) in [6.07, 6.45) is 0.307. The van der Waals surface area contributed by atoms with Gasteiger partial charge < -0.3 is 14.7 Å². The molecule has 9 nitrogen and oxygen atoms in total. The van der Waals surface area contributed by atoms with Crippen LogP contribution in [-0.2, 0) is 29.2 Å². The Hall–Kier alpha value is -2.36. The van der Waals surface area contributed by atoms with Crippen LogP contribution < -0.4 is 0 Å². The van der Waals surface area contributed by atoms with Crippen LogP contribution in [0.15, 0.2) is 30.3 Å². The maximum Gasteiger partial charge on any atom is 0.244 e. The van der Waals surface area contributed by atoms with E-state index in [1.165, 1.54) is 0 Å². The van der Waals surface area contributed by atoms with Gasteiger partial charge in [0.15, 0.2) is 5.82 Å². The number of hydrogen-bond acceptors (Lipinski definition) is 7. The number of benzene rings is 1. The number of aliphatic hydroxyl groups excluding tert-OH is 1. The van der Waals surface area contributed by atoms with Crippen molar-refractivity contribution in [2.75, 3.05) is 26.2 Å². The van der Waals surface area contributed by atoms with Gasteiger partial charge in [0, 0.05) is 26.2 Å². The molecule has 0 spiro atoms. The molecular formula is C19H28N6O3. The molecular weight excluding hydrogens is 360 g/mol. The van der Waals surface area contributed by atoms with Gasteiger partial charge in [0.2, 0.25) is 5.91 Å². The number of ether oxygens (including phenoxy) is 1. The number of carbonyl (C=O) groups is 1. The van der Waals surface area contributed by atoms with Crippen LogP contribution in [0.1, 0.15) is 25.2 Å². The second kappa shape index (κ2) is 9.72. The summed E-state index contributed by atoms with van der Waals surface area (Å²) in [5.74, 6) is 0.522. The molecule has 0 aliphatic carbocycles. The fourth-order valence-corrected chi connectivity index (χ4v) is 3.52. The highest BCUT2D eigenvalue weighted by Gasteiger charge is 2.24. The molecule has 1 aliphatic rings. The van der Waals surface area contributed by atoms with Gasteiger partial charge in [-0.25, -0.2) is 4.68 Å². The third kappa shape index (κ3) is 5.57. The van der Waals surface area contributed by atoms with Gasteiger partial charge in [-0.3, -0.25) is 9.69 Å². The van der Waals surface area contributed by atoms with Crippen LogP contribution in [0.4, 0.5) is 0 Å². The van der Waals surface area contributed by atoms with Crippen LogP contribution >= 0.6 is 0 Å². The number of nitrogens with zero attached hydrogens (tertiary/aromatic N) is 6. The van der Waals surface area contributed by atoms with E-state index in [-0.39, 0.29) is 37.8 Å². The summed E-state index contributed by atoms with van der Waals surface area (Å²) >= 11 is 0. The molecule has 1 aromatic carbocycles. The normalized spacial score (nSPS) is 20.2. The standard InChI is InChI=1S/C19H28N6O3/c1-15-10-23(11-16(2)28-15)13-18-20-21-22-25(18)14-19(27)24(8-9-26)12-17-6-4-3-5-7-17/h3-7,15-16,26H,8-14H2,1-2H3/t15-,16+. The highest BCUT2D eigenvalue weighted by molar-refractivity contribution is 5.76. The van der Waals surface area contributed by atoms with Gasteiger partial charge in [0.05, 0.1) is 25.4 Å². The SMILES string of the molecule is C[C@@H]1CN(Cc2nnnn2CC(=O)N(CCO)Cc2ccccc2)C[C@H](C)O1. The highest BCUT2D eigenvalue weighted by Crippen LogP contribution is 2.13. The number of aliphatic hydroxyl groups is 1. The van der Waals surface area contributed by atoms with Gasteiger partial charge in [0.25, 0.3) is 0 Å². The Balaban J connectivity index is 1.64. The van der Waals surface area contributed by atoms with Crippen molar-refractivity contribution < 1.29 is 14.6 Å². The van der Waals surface area contributed by atoms with E-state index >= 15 is 0 Å². The molecule has 2 aromatic rings. The summed E-state index contributed by atoms with van der Waals surface area (Å²) in [4.78, 5) is 16.7. The van der Waals surface area contributed by atoms with Crippen molar-refractivity contribution >= 4 is 5.91 Å². The van der Waals surface area contributed by atoms with Gasteiger partial charge in [-0.15, -0.1) is 5.10 Å². The summed E-state index contributed by atoms with van der Waals surface area (Å²) in [5, 5.41) is 21.2. The Bertz CT molecular complexity index is 743. The molecule has 1 N–H and O–H groups in total. The van der Waals surface area contributed by atoms with Crippen LogP contribution in [0, 0.1) is 0 Å². The number of amides is 1. The van der Waals surface area contributed by atoms with E-state index in [2.05, 4.69) is 20.4 Å². The van der Waals surface area contributed by atoms with Gasteiger partial charge in [-0.1, -0.05) is 30.3 Å². The Morgan fingerprint density at radius 1 is 1.25 bits per heavy atom. The molecule has 0 saturated carbocycles. The molecule has 0 bridgehead atoms. The topological polar surface area (TPSA) is 96.6 Å². The third-order valence-electron chi connectivity index (χ3n) is 4.69. The molecule has 28 heavy (non-hydrogen) atoms. The fourth-order valence-electron chi connectivity index (χ4n) is 3.52. The monoisotopic (exact) mass is 388 g/mol.